The van der Waals surface area contributed by atoms with Gasteiger partial charge in [0.05, 0.1) is 19.4 Å². The molecule has 1 aliphatic heterocycles. The van der Waals surface area contributed by atoms with E-state index < -0.39 is 0 Å². The van der Waals surface area contributed by atoms with Gasteiger partial charge in [0.25, 0.3) is 0 Å². The van der Waals surface area contributed by atoms with Crippen molar-refractivity contribution in [2.75, 3.05) is 39.5 Å². The number of hydrogen-bond acceptors (Lipinski definition) is 5. The molecule has 0 spiro atoms. The second kappa shape index (κ2) is 7.33. The average Bonchev–Trinajstić information content (AvgIpc) is 2.43. The summed E-state index contributed by atoms with van der Waals surface area (Å²) in [7, 11) is 0. The Morgan fingerprint density at radius 3 is 2.95 bits per heavy atom. The maximum absolute atomic E-state index is 8.61. The number of ether oxygens (including phenoxy) is 2. The second-order valence-electron chi connectivity index (χ2n) is 4.23. The van der Waals surface area contributed by atoms with Crippen molar-refractivity contribution in [1.82, 2.24) is 4.90 Å². The lowest BCUT2D eigenvalue weighted by atomic mass is 10.2. The number of morpholine rings is 1. The van der Waals surface area contributed by atoms with Gasteiger partial charge < -0.3 is 14.7 Å². The van der Waals surface area contributed by atoms with E-state index in [4.69, 9.17) is 26.3 Å². The van der Waals surface area contributed by atoms with Crippen molar-refractivity contribution < 1.29 is 14.7 Å². The first kappa shape index (κ1) is 14.1. The molecule has 0 bridgehead atoms. The third kappa shape index (κ3) is 4.38. The fourth-order valence-electron chi connectivity index (χ4n) is 1.92. The van der Waals surface area contributed by atoms with Crippen molar-refractivity contribution in [2.24, 2.45) is 5.16 Å². The van der Waals surface area contributed by atoms with Gasteiger partial charge in [-0.2, -0.15) is 0 Å². The van der Waals surface area contributed by atoms with Gasteiger partial charge in [-0.3, -0.25) is 4.90 Å². The van der Waals surface area contributed by atoms with Crippen LogP contribution in [-0.4, -0.2) is 55.8 Å². The van der Waals surface area contributed by atoms with Crippen LogP contribution in [0.4, 0.5) is 0 Å². The topological polar surface area (TPSA) is 54.3 Å². The summed E-state index contributed by atoms with van der Waals surface area (Å²) in [4.78, 5) is 2.29. The van der Waals surface area contributed by atoms with Gasteiger partial charge in [0, 0.05) is 30.2 Å². The summed E-state index contributed by atoms with van der Waals surface area (Å²) in [5.41, 5.74) is 0.664. The number of benzene rings is 1. The van der Waals surface area contributed by atoms with Crippen LogP contribution in [0.3, 0.4) is 0 Å². The fraction of sp³-hybridized carbons (Fsp3) is 0.462. The van der Waals surface area contributed by atoms with Crippen LogP contribution < -0.4 is 4.74 Å². The van der Waals surface area contributed by atoms with Crippen LogP contribution in [0.5, 0.6) is 5.75 Å². The van der Waals surface area contributed by atoms with E-state index in [9.17, 15) is 0 Å². The van der Waals surface area contributed by atoms with Crippen molar-refractivity contribution in [3.63, 3.8) is 0 Å². The summed E-state index contributed by atoms with van der Waals surface area (Å²) in [6.07, 6.45) is 1.32. The molecule has 0 aromatic heterocycles. The smallest absolute Gasteiger partial charge is 0.128 e. The van der Waals surface area contributed by atoms with Crippen LogP contribution in [0.25, 0.3) is 0 Å². The van der Waals surface area contributed by atoms with Gasteiger partial charge in [-0.25, -0.2) is 0 Å². The molecule has 0 saturated carbocycles. The van der Waals surface area contributed by atoms with Crippen molar-refractivity contribution in [3.05, 3.63) is 28.8 Å². The zero-order valence-electron chi connectivity index (χ0n) is 10.6. The number of halogens is 1. The Hall–Kier alpha value is -1.30. The highest BCUT2D eigenvalue weighted by molar-refractivity contribution is 6.30. The lowest BCUT2D eigenvalue weighted by Gasteiger charge is -2.26. The molecule has 1 aliphatic rings. The van der Waals surface area contributed by atoms with E-state index >= 15 is 0 Å². The summed E-state index contributed by atoms with van der Waals surface area (Å²) in [6.45, 7) is 4.87. The van der Waals surface area contributed by atoms with E-state index in [1.54, 1.807) is 18.2 Å². The minimum Gasteiger partial charge on any atom is -0.492 e. The van der Waals surface area contributed by atoms with Gasteiger partial charge in [-0.05, 0) is 18.2 Å². The molecule has 1 N–H and O–H groups in total. The van der Waals surface area contributed by atoms with Gasteiger partial charge in [0.15, 0.2) is 0 Å². The van der Waals surface area contributed by atoms with Gasteiger partial charge >= 0.3 is 0 Å². The molecule has 0 unspecified atom stereocenters. The molecule has 5 nitrogen and oxygen atoms in total. The van der Waals surface area contributed by atoms with Crippen molar-refractivity contribution >= 4 is 17.8 Å². The molecular formula is C13H17ClN2O3. The molecule has 6 heteroatoms. The Bertz CT molecular complexity index is 434. The first-order chi connectivity index (χ1) is 9.29. The normalized spacial score (nSPS) is 16.9. The van der Waals surface area contributed by atoms with Crippen LogP contribution in [0, 0.1) is 0 Å². The predicted octanol–water partition coefficient (Wildman–Crippen LogP) is 1.86. The average molecular weight is 285 g/mol. The van der Waals surface area contributed by atoms with E-state index in [2.05, 4.69) is 10.1 Å². The standard InChI is InChI=1S/C13H17ClN2O3/c14-12-1-2-13(11(9-12)10-15-17)19-8-5-16-3-6-18-7-4-16/h1-2,9-10,17H,3-8H2. The van der Waals surface area contributed by atoms with Crippen LogP contribution in [0.1, 0.15) is 5.56 Å². The number of rotatable bonds is 5. The quantitative estimate of drug-likeness (QED) is 0.509. The highest BCUT2D eigenvalue weighted by Gasteiger charge is 2.10. The Kier molecular flexibility index (Phi) is 5.44. The first-order valence-corrected chi connectivity index (χ1v) is 6.57. The molecule has 19 heavy (non-hydrogen) atoms. The number of nitrogens with zero attached hydrogens (tertiary/aromatic N) is 2. The highest BCUT2D eigenvalue weighted by Crippen LogP contribution is 2.21. The van der Waals surface area contributed by atoms with Crippen LogP contribution >= 0.6 is 11.6 Å². The van der Waals surface area contributed by atoms with Crippen molar-refractivity contribution in [3.8, 4) is 5.75 Å². The molecule has 0 aliphatic carbocycles. The van der Waals surface area contributed by atoms with Crippen LogP contribution in [-0.2, 0) is 4.74 Å². The maximum Gasteiger partial charge on any atom is 0.128 e. The molecule has 1 heterocycles. The number of hydrogen-bond donors (Lipinski definition) is 1. The Balaban J connectivity index is 1.87. The van der Waals surface area contributed by atoms with E-state index in [0.29, 0.717) is 22.9 Å². The third-order valence-corrected chi connectivity index (χ3v) is 3.17. The molecule has 1 saturated heterocycles. The third-order valence-electron chi connectivity index (χ3n) is 2.94. The Morgan fingerprint density at radius 2 is 2.21 bits per heavy atom. The zero-order valence-corrected chi connectivity index (χ0v) is 11.3. The predicted molar refractivity (Wildman–Crippen MR) is 73.6 cm³/mol. The van der Waals surface area contributed by atoms with E-state index in [0.717, 1.165) is 32.8 Å². The maximum atomic E-state index is 8.61. The molecule has 1 aromatic rings. The largest absolute Gasteiger partial charge is 0.492 e. The van der Waals surface area contributed by atoms with E-state index in [1.807, 2.05) is 0 Å². The fourth-order valence-corrected chi connectivity index (χ4v) is 2.10. The Morgan fingerprint density at radius 1 is 1.42 bits per heavy atom. The van der Waals surface area contributed by atoms with Crippen molar-refractivity contribution in [1.29, 1.82) is 0 Å². The molecule has 0 amide bonds. The summed E-state index contributed by atoms with van der Waals surface area (Å²) in [5, 5.41) is 12.2. The monoisotopic (exact) mass is 284 g/mol. The lowest BCUT2D eigenvalue weighted by Crippen LogP contribution is -2.38. The molecular weight excluding hydrogens is 268 g/mol. The molecule has 104 valence electrons. The minimum absolute atomic E-state index is 0.577. The summed E-state index contributed by atoms with van der Waals surface area (Å²) >= 11 is 5.89. The molecule has 1 aromatic carbocycles. The molecule has 1 fully saturated rings. The van der Waals surface area contributed by atoms with Crippen molar-refractivity contribution in [2.45, 2.75) is 0 Å². The summed E-state index contributed by atoms with van der Waals surface area (Å²) in [6, 6.07) is 5.23. The van der Waals surface area contributed by atoms with E-state index in [1.165, 1.54) is 6.21 Å². The molecule has 0 radical (unpaired) electrons. The molecule has 0 atom stereocenters. The minimum atomic E-state index is 0.577. The van der Waals surface area contributed by atoms with Gasteiger partial charge in [0.1, 0.15) is 12.4 Å². The van der Waals surface area contributed by atoms with E-state index in [-0.39, 0.29) is 0 Å². The Labute approximate surface area is 117 Å². The van der Waals surface area contributed by atoms with Crippen LogP contribution in [0.2, 0.25) is 5.02 Å². The van der Waals surface area contributed by atoms with Gasteiger partial charge in [-0.1, -0.05) is 16.8 Å². The summed E-state index contributed by atoms with van der Waals surface area (Å²) < 4.78 is 11.0. The van der Waals surface area contributed by atoms with Crippen LogP contribution in [0.15, 0.2) is 23.4 Å². The SMILES string of the molecule is ON=Cc1cc(Cl)ccc1OCCN1CCOCC1. The zero-order chi connectivity index (χ0) is 13.5. The molecule has 2 rings (SSSR count). The van der Waals surface area contributed by atoms with Gasteiger partial charge in [-0.15, -0.1) is 0 Å². The number of oxime groups is 1. The van der Waals surface area contributed by atoms with Gasteiger partial charge in [0.2, 0.25) is 0 Å². The second-order valence-corrected chi connectivity index (χ2v) is 4.67. The highest BCUT2D eigenvalue weighted by atomic mass is 35.5. The first-order valence-electron chi connectivity index (χ1n) is 6.19. The lowest BCUT2D eigenvalue weighted by molar-refractivity contribution is 0.0322. The summed E-state index contributed by atoms with van der Waals surface area (Å²) in [5.74, 6) is 0.662.